The van der Waals surface area contributed by atoms with Crippen molar-refractivity contribution in [3.63, 3.8) is 0 Å². The van der Waals surface area contributed by atoms with Gasteiger partial charge >= 0.3 is 0 Å². The Morgan fingerprint density at radius 2 is 1.69 bits per heavy atom. The van der Waals surface area contributed by atoms with Gasteiger partial charge in [0.05, 0.1) is 44.9 Å². The maximum Gasteiger partial charge on any atom is 0.290 e. The summed E-state index contributed by atoms with van der Waals surface area (Å²) in [4.78, 5) is 28.5. The molecular weight excluding hydrogens is 482 g/mol. The van der Waals surface area contributed by atoms with Gasteiger partial charge in [0.25, 0.3) is 5.91 Å². The summed E-state index contributed by atoms with van der Waals surface area (Å²) >= 11 is 3.40. The zero-order valence-corrected chi connectivity index (χ0v) is 19.6. The van der Waals surface area contributed by atoms with Crippen LogP contribution in [0.5, 0.6) is 17.2 Å². The molecule has 0 aliphatic carbocycles. The standard InChI is InChI=1S/C23H22BrNO7/c1-28-8-7-25-19(12-9-16(29-2)21(31-4)17(10-12)30-3)18-20(26)14-11-13(24)5-6-15(14)32-22(18)23(25)27/h5-6,9-11,19H,7-8H2,1-4H3. The number of benzene rings is 2. The summed E-state index contributed by atoms with van der Waals surface area (Å²) in [5.74, 6) is 0.906. The number of methoxy groups -OCH3 is 4. The quantitative estimate of drug-likeness (QED) is 0.484. The Morgan fingerprint density at radius 3 is 2.28 bits per heavy atom. The molecule has 9 heteroatoms. The van der Waals surface area contributed by atoms with E-state index < -0.39 is 6.04 Å². The topological polar surface area (TPSA) is 87.4 Å². The van der Waals surface area contributed by atoms with Crippen LogP contribution in [0.1, 0.15) is 27.7 Å². The van der Waals surface area contributed by atoms with Crippen molar-refractivity contribution in [2.75, 3.05) is 41.6 Å². The van der Waals surface area contributed by atoms with Crippen molar-refractivity contribution in [1.29, 1.82) is 0 Å². The van der Waals surface area contributed by atoms with Gasteiger partial charge in [-0.25, -0.2) is 0 Å². The smallest absolute Gasteiger partial charge is 0.290 e. The number of carbonyl (C=O) groups excluding carboxylic acids is 1. The Kier molecular flexibility index (Phi) is 6.12. The van der Waals surface area contributed by atoms with E-state index in [1.54, 1.807) is 42.3 Å². The van der Waals surface area contributed by atoms with Gasteiger partial charge in [0, 0.05) is 18.1 Å². The second kappa shape index (κ2) is 8.84. The molecule has 0 saturated carbocycles. The Labute approximate surface area is 192 Å². The summed E-state index contributed by atoms with van der Waals surface area (Å²) in [7, 11) is 6.09. The van der Waals surface area contributed by atoms with E-state index in [4.69, 9.17) is 23.4 Å². The summed E-state index contributed by atoms with van der Waals surface area (Å²) < 4.78 is 28.3. The summed E-state index contributed by atoms with van der Waals surface area (Å²) in [5, 5.41) is 0.386. The van der Waals surface area contributed by atoms with Crippen LogP contribution in [0.15, 0.2) is 44.0 Å². The molecule has 2 aromatic carbocycles. The van der Waals surface area contributed by atoms with Crippen molar-refractivity contribution in [3.05, 3.63) is 61.9 Å². The van der Waals surface area contributed by atoms with Crippen molar-refractivity contribution in [2.24, 2.45) is 0 Å². The zero-order valence-electron chi connectivity index (χ0n) is 18.1. The lowest BCUT2D eigenvalue weighted by Gasteiger charge is -2.26. The van der Waals surface area contributed by atoms with Gasteiger partial charge in [-0.15, -0.1) is 0 Å². The monoisotopic (exact) mass is 503 g/mol. The van der Waals surface area contributed by atoms with E-state index in [9.17, 15) is 9.59 Å². The maximum atomic E-state index is 13.6. The molecule has 32 heavy (non-hydrogen) atoms. The fourth-order valence-corrected chi connectivity index (χ4v) is 4.38. The van der Waals surface area contributed by atoms with Crippen molar-refractivity contribution >= 4 is 32.8 Å². The predicted octanol–water partition coefficient (Wildman–Crippen LogP) is 3.77. The lowest BCUT2D eigenvalue weighted by Crippen LogP contribution is -2.32. The number of hydrogen-bond donors (Lipinski definition) is 0. The zero-order chi connectivity index (χ0) is 23.0. The molecule has 1 atom stereocenters. The van der Waals surface area contributed by atoms with Crippen LogP contribution in [-0.4, -0.2) is 52.4 Å². The molecule has 8 nitrogen and oxygen atoms in total. The summed E-state index contributed by atoms with van der Waals surface area (Å²) in [5.41, 5.74) is 0.979. The molecule has 168 valence electrons. The van der Waals surface area contributed by atoms with E-state index in [0.29, 0.717) is 40.4 Å². The lowest BCUT2D eigenvalue weighted by atomic mass is 9.97. The number of ether oxygens (including phenoxy) is 4. The van der Waals surface area contributed by atoms with E-state index in [1.165, 1.54) is 21.3 Å². The minimum absolute atomic E-state index is 0.0275. The number of hydrogen-bond acceptors (Lipinski definition) is 7. The number of nitrogens with zero attached hydrogens (tertiary/aromatic N) is 1. The number of carbonyl (C=O) groups is 1. The molecule has 3 aromatic rings. The first kappa shape index (κ1) is 22.2. The van der Waals surface area contributed by atoms with Crippen LogP contribution in [0.3, 0.4) is 0 Å². The molecule has 1 unspecified atom stereocenters. The second-order valence-electron chi connectivity index (χ2n) is 7.17. The Morgan fingerprint density at radius 1 is 1.00 bits per heavy atom. The van der Waals surface area contributed by atoms with E-state index in [-0.39, 0.29) is 29.2 Å². The van der Waals surface area contributed by atoms with Crippen LogP contribution < -0.4 is 19.6 Å². The molecule has 1 amide bonds. The number of fused-ring (bicyclic) bond motifs is 2. The molecule has 4 rings (SSSR count). The molecule has 0 bridgehead atoms. The highest BCUT2D eigenvalue weighted by Crippen LogP contribution is 2.45. The number of amides is 1. The van der Waals surface area contributed by atoms with E-state index in [0.717, 1.165) is 4.47 Å². The fourth-order valence-electron chi connectivity index (χ4n) is 4.02. The van der Waals surface area contributed by atoms with Crippen LogP contribution in [0.2, 0.25) is 0 Å². The van der Waals surface area contributed by atoms with E-state index in [1.807, 2.05) is 0 Å². The highest BCUT2D eigenvalue weighted by Gasteiger charge is 2.43. The van der Waals surface area contributed by atoms with Gasteiger partial charge in [-0.2, -0.15) is 0 Å². The fraction of sp³-hybridized carbons (Fsp3) is 0.304. The minimum atomic E-state index is -0.707. The number of rotatable bonds is 7. The SMILES string of the molecule is COCCN1C(=O)c2oc3ccc(Br)cc3c(=O)c2C1c1cc(OC)c(OC)c(OC)c1. The molecule has 2 heterocycles. The largest absolute Gasteiger partial charge is 0.493 e. The third-order valence-corrected chi connectivity index (χ3v) is 5.96. The highest BCUT2D eigenvalue weighted by atomic mass is 79.9. The van der Waals surface area contributed by atoms with E-state index >= 15 is 0 Å². The van der Waals surface area contributed by atoms with Gasteiger partial charge in [0.1, 0.15) is 5.58 Å². The van der Waals surface area contributed by atoms with E-state index in [2.05, 4.69) is 15.9 Å². The Balaban J connectivity index is 2.00. The summed E-state index contributed by atoms with van der Waals surface area (Å²) in [6.07, 6.45) is 0. The first-order chi connectivity index (χ1) is 15.4. The first-order valence-corrected chi connectivity index (χ1v) is 10.6. The van der Waals surface area contributed by atoms with Gasteiger partial charge in [0.15, 0.2) is 16.9 Å². The van der Waals surface area contributed by atoms with Gasteiger partial charge in [-0.1, -0.05) is 15.9 Å². The average molecular weight is 504 g/mol. The molecule has 0 N–H and O–H groups in total. The van der Waals surface area contributed by atoms with Crippen molar-refractivity contribution in [1.82, 2.24) is 4.90 Å². The lowest BCUT2D eigenvalue weighted by molar-refractivity contribution is 0.0662. The Hall–Kier alpha value is -3.04. The normalized spacial score (nSPS) is 15.2. The highest BCUT2D eigenvalue weighted by molar-refractivity contribution is 9.10. The molecular formula is C23H22BrNO7. The molecule has 0 spiro atoms. The van der Waals surface area contributed by atoms with Crippen molar-refractivity contribution in [3.8, 4) is 17.2 Å². The molecule has 1 aromatic heterocycles. The minimum Gasteiger partial charge on any atom is -0.493 e. The van der Waals surface area contributed by atoms with Crippen molar-refractivity contribution in [2.45, 2.75) is 6.04 Å². The third-order valence-electron chi connectivity index (χ3n) is 5.47. The second-order valence-corrected chi connectivity index (χ2v) is 8.08. The molecule has 1 aliphatic rings. The van der Waals surface area contributed by atoms with Crippen LogP contribution in [0, 0.1) is 0 Å². The summed E-state index contributed by atoms with van der Waals surface area (Å²) in [6.45, 7) is 0.556. The van der Waals surface area contributed by atoms with Crippen LogP contribution in [0.4, 0.5) is 0 Å². The number of halogens is 1. The molecule has 0 fully saturated rings. The van der Waals surface area contributed by atoms with Crippen LogP contribution >= 0.6 is 15.9 Å². The molecule has 0 saturated heterocycles. The summed E-state index contributed by atoms with van der Waals surface area (Å²) in [6, 6.07) is 7.88. The Bertz CT molecular complexity index is 1230. The van der Waals surface area contributed by atoms with Gasteiger partial charge in [-0.05, 0) is 35.9 Å². The average Bonchev–Trinajstić information content (AvgIpc) is 3.08. The predicted molar refractivity (Wildman–Crippen MR) is 121 cm³/mol. The van der Waals surface area contributed by atoms with Crippen LogP contribution in [-0.2, 0) is 4.74 Å². The van der Waals surface area contributed by atoms with Crippen molar-refractivity contribution < 1.29 is 28.2 Å². The first-order valence-electron chi connectivity index (χ1n) is 9.81. The maximum absolute atomic E-state index is 13.6. The van der Waals surface area contributed by atoms with Gasteiger partial charge < -0.3 is 28.3 Å². The van der Waals surface area contributed by atoms with Crippen LogP contribution in [0.25, 0.3) is 11.0 Å². The van der Waals surface area contributed by atoms with Gasteiger partial charge in [-0.3, -0.25) is 9.59 Å². The molecule has 0 radical (unpaired) electrons. The molecule has 1 aliphatic heterocycles. The van der Waals surface area contributed by atoms with Gasteiger partial charge in [0.2, 0.25) is 11.5 Å². The third kappa shape index (κ3) is 3.51.